The molecule has 0 spiro atoms. The van der Waals surface area contributed by atoms with E-state index in [4.69, 9.17) is 4.74 Å². The van der Waals surface area contributed by atoms with Crippen molar-refractivity contribution in [2.24, 2.45) is 11.8 Å². The van der Waals surface area contributed by atoms with Crippen molar-refractivity contribution in [3.63, 3.8) is 0 Å². The third-order valence-corrected chi connectivity index (χ3v) is 4.08. The van der Waals surface area contributed by atoms with Crippen LogP contribution in [-0.2, 0) is 22.4 Å². The highest BCUT2D eigenvalue weighted by Crippen LogP contribution is 2.31. The van der Waals surface area contributed by atoms with E-state index in [1.165, 1.54) is 11.1 Å². The van der Waals surface area contributed by atoms with Gasteiger partial charge in [-0.05, 0) is 36.8 Å². The molecule has 17 heavy (non-hydrogen) atoms. The lowest BCUT2D eigenvalue weighted by Crippen LogP contribution is -2.29. The maximum atomic E-state index is 12.4. The Hall–Kier alpha value is -1.15. The summed E-state index contributed by atoms with van der Waals surface area (Å²) in [5.41, 5.74) is 2.75. The van der Waals surface area contributed by atoms with Crippen molar-refractivity contribution in [1.82, 2.24) is 0 Å². The Labute approximate surface area is 102 Å². The fourth-order valence-corrected chi connectivity index (χ4v) is 3.08. The summed E-state index contributed by atoms with van der Waals surface area (Å²) in [6, 6.07) is 8.46. The van der Waals surface area contributed by atoms with Crippen molar-refractivity contribution in [2.75, 3.05) is 13.2 Å². The predicted molar refractivity (Wildman–Crippen MR) is 65.9 cm³/mol. The minimum absolute atomic E-state index is 0.232. The fourth-order valence-electron chi connectivity index (χ4n) is 3.08. The van der Waals surface area contributed by atoms with E-state index in [2.05, 4.69) is 24.3 Å². The molecule has 90 valence electrons. The van der Waals surface area contributed by atoms with Crippen molar-refractivity contribution in [2.45, 2.75) is 25.7 Å². The van der Waals surface area contributed by atoms with Gasteiger partial charge in [0.2, 0.25) is 0 Å². The Morgan fingerprint density at radius 3 is 2.18 bits per heavy atom. The number of rotatable bonds is 2. The molecule has 2 aliphatic rings. The van der Waals surface area contributed by atoms with Crippen LogP contribution in [0.5, 0.6) is 0 Å². The molecule has 2 nitrogen and oxygen atoms in total. The molecule has 0 saturated carbocycles. The third kappa shape index (κ3) is 2.14. The van der Waals surface area contributed by atoms with Gasteiger partial charge in [-0.25, -0.2) is 0 Å². The average molecular weight is 230 g/mol. The summed E-state index contributed by atoms with van der Waals surface area (Å²) < 4.78 is 5.32. The molecule has 0 aromatic heterocycles. The lowest BCUT2D eigenvalue weighted by atomic mass is 9.86. The largest absolute Gasteiger partial charge is 0.381 e. The number of Topliss-reactive ketones (excluding diaryl/α,β-unsaturated/α-hetero) is 1. The van der Waals surface area contributed by atoms with Crippen molar-refractivity contribution in [3.05, 3.63) is 35.4 Å². The van der Waals surface area contributed by atoms with Gasteiger partial charge in [-0.15, -0.1) is 0 Å². The second-order valence-corrected chi connectivity index (χ2v) is 5.16. The predicted octanol–water partition coefficient (Wildman–Crippen LogP) is 2.40. The van der Waals surface area contributed by atoms with Crippen LogP contribution in [0.15, 0.2) is 24.3 Å². The molecule has 0 unspecified atom stereocenters. The lowest BCUT2D eigenvalue weighted by molar-refractivity contribution is -0.129. The van der Waals surface area contributed by atoms with Crippen LogP contribution in [0, 0.1) is 11.8 Å². The summed E-state index contributed by atoms with van der Waals surface area (Å²) in [6.07, 6.45) is 3.75. The number of hydrogen-bond donors (Lipinski definition) is 0. The maximum Gasteiger partial charge on any atom is 0.139 e. The van der Waals surface area contributed by atoms with Gasteiger partial charge in [-0.2, -0.15) is 0 Å². The van der Waals surface area contributed by atoms with Gasteiger partial charge in [0, 0.05) is 25.0 Å². The zero-order chi connectivity index (χ0) is 11.7. The van der Waals surface area contributed by atoms with Crippen LogP contribution >= 0.6 is 0 Å². The highest BCUT2D eigenvalue weighted by atomic mass is 16.5. The first-order valence-electron chi connectivity index (χ1n) is 6.53. The highest BCUT2D eigenvalue weighted by molar-refractivity contribution is 5.84. The van der Waals surface area contributed by atoms with Crippen LogP contribution in [0.4, 0.5) is 0 Å². The summed E-state index contributed by atoms with van der Waals surface area (Å²) >= 11 is 0. The van der Waals surface area contributed by atoms with E-state index in [1.54, 1.807) is 0 Å². The minimum Gasteiger partial charge on any atom is -0.381 e. The van der Waals surface area contributed by atoms with Crippen molar-refractivity contribution in [3.8, 4) is 0 Å². The number of hydrogen-bond acceptors (Lipinski definition) is 2. The number of ketones is 1. The molecular weight excluding hydrogens is 212 g/mol. The molecule has 1 heterocycles. The molecule has 0 radical (unpaired) electrons. The number of carbonyl (C=O) groups excluding carboxylic acids is 1. The molecule has 0 bridgehead atoms. The summed E-state index contributed by atoms with van der Waals surface area (Å²) in [7, 11) is 0. The maximum absolute atomic E-state index is 12.4. The van der Waals surface area contributed by atoms with Crippen LogP contribution in [0.25, 0.3) is 0 Å². The standard InChI is InChI=1S/C15H18O2/c16-15(11-5-7-17-8-6-11)14-9-12-3-1-2-4-13(12)10-14/h1-4,11,14H,5-10H2. The van der Waals surface area contributed by atoms with Crippen LogP contribution in [-0.4, -0.2) is 19.0 Å². The Balaban J connectivity index is 1.69. The molecule has 1 aliphatic carbocycles. The van der Waals surface area contributed by atoms with Gasteiger partial charge in [-0.3, -0.25) is 4.79 Å². The molecule has 2 heteroatoms. The zero-order valence-corrected chi connectivity index (χ0v) is 10.0. The normalized spacial score (nSPS) is 21.4. The van der Waals surface area contributed by atoms with E-state index in [0.717, 1.165) is 38.9 Å². The summed E-state index contributed by atoms with van der Waals surface area (Å²) in [4.78, 5) is 12.4. The Bertz CT molecular complexity index is 394. The molecule has 0 N–H and O–H groups in total. The SMILES string of the molecule is O=C(C1CCOCC1)C1Cc2ccccc2C1. The van der Waals surface area contributed by atoms with E-state index in [-0.39, 0.29) is 11.8 Å². The second kappa shape index (κ2) is 4.61. The summed E-state index contributed by atoms with van der Waals surface area (Å²) in [5.74, 6) is 0.961. The Morgan fingerprint density at radius 2 is 1.59 bits per heavy atom. The van der Waals surface area contributed by atoms with E-state index in [1.807, 2.05) is 0 Å². The molecule has 1 saturated heterocycles. The Kier molecular flexibility index (Phi) is 2.98. The lowest BCUT2D eigenvalue weighted by Gasteiger charge is -2.23. The molecule has 1 aromatic carbocycles. The van der Waals surface area contributed by atoms with Crippen molar-refractivity contribution < 1.29 is 9.53 Å². The monoisotopic (exact) mass is 230 g/mol. The van der Waals surface area contributed by atoms with Gasteiger partial charge in [-0.1, -0.05) is 24.3 Å². The third-order valence-electron chi connectivity index (χ3n) is 4.08. The first-order valence-corrected chi connectivity index (χ1v) is 6.53. The number of ether oxygens (including phenoxy) is 1. The van der Waals surface area contributed by atoms with Gasteiger partial charge in [0.1, 0.15) is 5.78 Å². The van der Waals surface area contributed by atoms with Gasteiger partial charge in [0.05, 0.1) is 0 Å². The Morgan fingerprint density at radius 1 is 1.00 bits per heavy atom. The molecule has 1 aromatic rings. The van der Waals surface area contributed by atoms with Crippen molar-refractivity contribution >= 4 is 5.78 Å². The van der Waals surface area contributed by atoms with Gasteiger partial charge >= 0.3 is 0 Å². The number of fused-ring (bicyclic) bond motifs is 1. The molecule has 1 fully saturated rings. The topological polar surface area (TPSA) is 26.3 Å². The number of carbonyl (C=O) groups is 1. The van der Waals surface area contributed by atoms with Gasteiger partial charge in [0.25, 0.3) is 0 Å². The summed E-state index contributed by atoms with van der Waals surface area (Å²) in [6.45, 7) is 1.52. The average Bonchev–Trinajstić information content (AvgIpc) is 2.82. The quantitative estimate of drug-likeness (QED) is 0.780. The van der Waals surface area contributed by atoms with Gasteiger partial charge in [0.15, 0.2) is 0 Å². The van der Waals surface area contributed by atoms with Crippen LogP contribution in [0.3, 0.4) is 0 Å². The van der Waals surface area contributed by atoms with Crippen molar-refractivity contribution in [1.29, 1.82) is 0 Å². The second-order valence-electron chi connectivity index (χ2n) is 5.16. The first kappa shape index (κ1) is 11.0. The van der Waals surface area contributed by atoms with Gasteiger partial charge < -0.3 is 4.74 Å². The first-order chi connectivity index (χ1) is 8.34. The van der Waals surface area contributed by atoms with E-state index in [0.29, 0.717) is 5.78 Å². The number of benzene rings is 1. The molecular formula is C15H18O2. The highest BCUT2D eigenvalue weighted by Gasteiger charge is 2.32. The molecule has 3 rings (SSSR count). The van der Waals surface area contributed by atoms with E-state index in [9.17, 15) is 4.79 Å². The zero-order valence-electron chi connectivity index (χ0n) is 10.0. The van der Waals surface area contributed by atoms with E-state index >= 15 is 0 Å². The summed E-state index contributed by atoms with van der Waals surface area (Å²) in [5, 5.41) is 0. The molecule has 0 amide bonds. The van der Waals surface area contributed by atoms with E-state index < -0.39 is 0 Å². The van der Waals surface area contributed by atoms with Crippen LogP contribution in [0.2, 0.25) is 0 Å². The fraction of sp³-hybridized carbons (Fsp3) is 0.533. The molecule has 1 aliphatic heterocycles. The molecule has 0 atom stereocenters. The van der Waals surface area contributed by atoms with Crippen LogP contribution in [0.1, 0.15) is 24.0 Å². The minimum atomic E-state index is 0.232. The van der Waals surface area contributed by atoms with Crippen LogP contribution < -0.4 is 0 Å². The smallest absolute Gasteiger partial charge is 0.139 e.